The van der Waals surface area contributed by atoms with Gasteiger partial charge in [0, 0.05) is 7.11 Å². The Kier molecular flexibility index (Phi) is 4.40. The van der Waals surface area contributed by atoms with Crippen LogP contribution in [0.4, 0.5) is 5.69 Å². The lowest BCUT2D eigenvalue weighted by Crippen LogP contribution is -2.51. The second-order valence-corrected chi connectivity index (χ2v) is 6.41. The lowest BCUT2D eigenvalue weighted by Gasteiger charge is -2.34. The Bertz CT molecular complexity index is 913. The van der Waals surface area contributed by atoms with Crippen molar-refractivity contribution in [1.29, 1.82) is 0 Å². The minimum Gasteiger partial charge on any atom is -0.368 e. The average Bonchev–Trinajstić information content (AvgIpc) is 3.13. The first kappa shape index (κ1) is 16.7. The van der Waals surface area contributed by atoms with E-state index in [0.717, 1.165) is 29.9 Å². The highest BCUT2D eigenvalue weighted by Gasteiger charge is 2.39. The SMILES string of the molecule is COC1(C(=O)Nc2ccc(-n3cnc4ccccc43)nc2)CCNCC1. The third-order valence-corrected chi connectivity index (χ3v) is 4.92. The van der Waals surface area contributed by atoms with E-state index in [9.17, 15) is 4.79 Å². The van der Waals surface area contributed by atoms with Crippen LogP contribution in [-0.2, 0) is 9.53 Å². The van der Waals surface area contributed by atoms with Gasteiger partial charge in [-0.25, -0.2) is 9.97 Å². The number of anilines is 1. The number of carbonyl (C=O) groups is 1. The molecular weight excluding hydrogens is 330 g/mol. The molecule has 3 heterocycles. The maximum Gasteiger partial charge on any atom is 0.256 e. The molecule has 1 saturated heterocycles. The number of benzene rings is 1. The summed E-state index contributed by atoms with van der Waals surface area (Å²) in [6.45, 7) is 1.54. The van der Waals surface area contributed by atoms with Crippen LogP contribution in [0.5, 0.6) is 0 Å². The summed E-state index contributed by atoms with van der Waals surface area (Å²) in [5.74, 6) is 0.629. The summed E-state index contributed by atoms with van der Waals surface area (Å²) >= 11 is 0. The van der Waals surface area contributed by atoms with Crippen molar-refractivity contribution in [3.8, 4) is 5.82 Å². The number of hydrogen-bond donors (Lipinski definition) is 2. The molecule has 0 radical (unpaired) electrons. The van der Waals surface area contributed by atoms with Crippen molar-refractivity contribution in [2.75, 3.05) is 25.5 Å². The van der Waals surface area contributed by atoms with E-state index in [2.05, 4.69) is 20.6 Å². The number of rotatable bonds is 4. The van der Waals surface area contributed by atoms with Gasteiger partial charge >= 0.3 is 0 Å². The third kappa shape index (κ3) is 2.95. The molecule has 1 amide bonds. The first-order valence-corrected chi connectivity index (χ1v) is 8.68. The molecule has 26 heavy (non-hydrogen) atoms. The summed E-state index contributed by atoms with van der Waals surface area (Å²) in [6.07, 6.45) is 4.72. The zero-order valence-electron chi connectivity index (χ0n) is 14.6. The number of fused-ring (bicyclic) bond motifs is 1. The summed E-state index contributed by atoms with van der Waals surface area (Å²) in [7, 11) is 1.59. The highest BCUT2D eigenvalue weighted by Crippen LogP contribution is 2.25. The summed E-state index contributed by atoms with van der Waals surface area (Å²) in [5, 5.41) is 6.18. The van der Waals surface area contributed by atoms with E-state index >= 15 is 0 Å². The fourth-order valence-electron chi connectivity index (χ4n) is 3.34. The molecule has 1 aromatic carbocycles. The fourth-order valence-corrected chi connectivity index (χ4v) is 3.34. The molecule has 4 rings (SSSR count). The minimum absolute atomic E-state index is 0.121. The molecule has 0 spiro atoms. The van der Waals surface area contributed by atoms with E-state index in [1.165, 1.54) is 0 Å². The molecule has 7 heteroatoms. The fraction of sp³-hybridized carbons (Fsp3) is 0.316. The Labute approximate surface area is 151 Å². The van der Waals surface area contributed by atoms with Crippen molar-refractivity contribution in [1.82, 2.24) is 19.9 Å². The number of pyridine rings is 1. The van der Waals surface area contributed by atoms with Crippen LogP contribution in [-0.4, -0.2) is 46.2 Å². The molecule has 1 aliphatic heterocycles. The molecule has 1 aliphatic rings. The van der Waals surface area contributed by atoms with Crippen molar-refractivity contribution in [2.45, 2.75) is 18.4 Å². The van der Waals surface area contributed by atoms with Gasteiger partial charge in [0.2, 0.25) is 0 Å². The van der Waals surface area contributed by atoms with Crippen molar-refractivity contribution in [3.05, 3.63) is 48.9 Å². The predicted octanol–water partition coefficient (Wildman–Crippen LogP) is 2.13. The molecule has 7 nitrogen and oxygen atoms in total. The van der Waals surface area contributed by atoms with Gasteiger partial charge in [-0.05, 0) is 50.2 Å². The van der Waals surface area contributed by atoms with Crippen molar-refractivity contribution < 1.29 is 9.53 Å². The van der Waals surface area contributed by atoms with E-state index in [4.69, 9.17) is 4.74 Å². The number of nitrogens with zero attached hydrogens (tertiary/aromatic N) is 3. The summed E-state index contributed by atoms with van der Waals surface area (Å²) in [6, 6.07) is 11.6. The predicted molar refractivity (Wildman–Crippen MR) is 99.3 cm³/mol. The number of methoxy groups -OCH3 is 1. The Balaban J connectivity index is 1.54. The second kappa shape index (κ2) is 6.86. The minimum atomic E-state index is -0.773. The van der Waals surface area contributed by atoms with Gasteiger partial charge in [-0.2, -0.15) is 0 Å². The topological polar surface area (TPSA) is 81.1 Å². The van der Waals surface area contributed by atoms with E-state index < -0.39 is 5.60 Å². The quantitative estimate of drug-likeness (QED) is 0.753. The first-order chi connectivity index (χ1) is 12.7. The highest BCUT2D eigenvalue weighted by molar-refractivity contribution is 5.97. The van der Waals surface area contributed by atoms with Crippen LogP contribution in [0.2, 0.25) is 0 Å². The first-order valence-electron chi connectivity index (χ1n) is 8.68. The number of carbonyl (C=O) groups excluding carboxylic acids is 1. The van der Waals surface area contributed by atoms with Crippen LogP contribution in [0.3, 0.4) is 0 Å². The number of aromatic nitrogens is 3. The van der Waals surface area contributed by atoms with E-state index in [1.54, 1.807) is 19.6 Å². The third-order valence-electron chi connectivity index (χ3n) is 4.92. The Morgan fingerprint density at radius 3 is 2.73 bits per heavy atom. The molecule has 0 bridgehead atoms. The van der Waals surface area contributed by atoms with Crippen LogP contribution in [0, 0.1) is 0 Å². The number of piperidine rings is 1. The lowest BCUT2D eigenvalue weighted by atomic mass is 9.91. The molecule has 0 saturated carbocycles. The Morgan fingerprint density at radius 2 is 2.00 bits per heavy atom. The van der Waals surface area contributed by atoms with Crippen LogP contribution in [0.1, 0.15) is 12.8 Å². The van der Waals surface area contributed by atoms with Crippen molar-refractivity contribution >= 4 is 22.6 Å². The Hall–Kier alpha value is -2.77. The van der Waals surface area contributed by atoms with Gasteiger partial charge in [-0.15, -0.1) is 0 Å². The van der Waals surface area contributed by atoms with Gasteiger partial charge in [-0.3, -0.25) is 9.36 Å². The van der Waals surface area contributed by atoms with Crippen molar-refractivity contribution in [3.63, 3.8) is 0 Å². The van der Waals surface area contributed by atoms with Gasteiger partial charge in [-0.1, -0.05) is 12.1 Å². The van der Waals surface area contributed by atoms with Crippen LogP contribution >= 0.6 is 0 Å². The normalized spacial score (nSPS) is 16.5. The number of imidazole rings is 1. The smallest absolute Gasteiger partial charge is 0.256 e. The lowest BCUT2D eigenvalue weighted by molar-refractivity contribution is -0.140. The summed E-state index contributed by atoms with van der Waals surface area (Å²) < 4.78 is 7.48. The number of hydrogen-bond acceptors (Lipinski definition) is 5. The number of ether oxygens (including phenoxy) is 1. The molecule has 3 aromatic rings. The number of para-hydroxylation sites is 2. The second-order valence-electron chi connectivity index (χ2n) is 6.41. The van der Waals surface area contributed by atoms with Gasteiger partial charge < -0.3 is 15.4 Å². The van der Waals surface area contributed by atoms with Crippen LogP contribution < -0.4 is 10.6 Å². The molecular formula is C19H21N5O2. The molecule has 0 unspecified atom stereocenters. The zero-order chi connectivity index (χ0) is 18.0. The van der Waals surface area contributed by atoms with Gasteiger partial charge in [0.15, 0.2) is 0 Å². The highest BCUT2D eigenvalue weighted by atomic mass is 16.5. The molecule has 2 N–H and O–H groups in total. The Morgan fingerprint density at radius 1 is 1.19 bits per heavy atom. The van der Waals surface area contributed by atoms with Gasteiger partial charge in [0.1, 0.15) is 17.7 Å². The maximum atomic E-state index is 12.7. The van der Waals surface area contributed by atoms with Crippen molar-refractivity contribution in [2.24, 2.45) is 0 Å². The zero-order valence-corrected chi connectivity index (χ0v) is 14.6. The molecule has 2 aromatic heterocycles. The summed E-state index contributed by atoms with van der Waals surface area (Å²) in [5.41, 5.74) is 1.78. The van der Waals surface area contributed by atoms with E-state index in [0.29, 0.717) is 18.5 Å². The van der Waals surface area contributed by atoms with E-state index in [1.807, 2.05) is 41.0 Å². The largest absolute Gasteiger partial charge is 0.368 e. The van der Waals surface area contributed by atoms with E-state index in [-0.39, 0.29) is 5.91 Å². The number of amides is 1. The molecule has 0 aliphatic carbocycles. The standard InChI is InChI=1S/C19H21N5O2/c1-26-19(8-10-20-11-9-19)18(25)23-14-6-7-17(21-12-14)24-13-22-15-4-2-3-5-16(15)24/h2-7,12-13,20H,8-11H2,1H3,(H,23,25). The average molecular weight is 351 g/mol. The number of nitrogens with one attached hydrogen (secondary N) is 2. The van der Waals surface area contributed by atoms with Crippen LogP contribution in [0.25, 0.3) is 16.9 Å². The van der Waals surface area contributed by atoms with Crippen LogP contribution in [0.15, 0.2) is 48.9 Å². The molecule has 134 valence electrons. The van der Waals surface area contributed by atoms with Gasteiger partial charge in [0.25, 0.3) is 5.91 Å². The monoisotopic (exact) mass is 351 g/mol. The molecule has 0 atom stereocenters. The van der Waals surface area contributed by atoms with Gasteiger partial charge in [0.05, 0.1) is 22.9 Å². The molecule has 1 fully saturated rings. The maximum absolute atomic E-state index is 12.7. The summed E-state index contributed by atoms with van der Waals surface area (Å²) in [4.78, 5) is 21.6.